The molecule has 0 spiro atoms. The van der Waals surface area contributed by atoms with Gasteiger partial charge in [-0.25, -0.2) is 0 Å². The number of anilines is 1. The normalized spacial score (nSPS) is 28.5. The first kappa shape index (κ1) is 13.4. The monoisotopic (exact) mass is 323 g/mol. The molecule has 2 fully saturated rings. The van der Waals surface area contributed by atoms with E-state index in [0.717, 1.165) is 28.8 Å². The van der Waals surface area contributed by atoms with Crippen molar-refractivity contribution in [2.24, 2.45) is 0 Å². The van der Waals surface area contributed by atoms with Gasteiger partial charge in [0.05, 0.1) is 0 Å². The Morgan fingerprint density at radius 2 is 2.05 bits per heavy atom. The van der Waals surface area contributed by atoms with Crippen LogP contribution in [0.15, 0.2) is 22.7 Å². The molecule has 0 radical (unpaired) electrons. The Morgan fingerprint density at radius 3 is 2.89 bits per heavy atom. The molecule has 2 heterocycles. The summed E-state index contributed by atoms with van der Waals surface area (Å²) >= 11 is 3.62. The molecule has 3 rings (SSSR count). The number of nitrogens with zero attached hydrogens (tertiary/aromatic N) is 2. The molecule has 0 aliphatic carbocycles. The molecule has 4 heteroatoms. The van der Waals surface area contributed by atoms with Crippen LogP contribution >= 0.6 is 15.9 Å². The molecule has 2 aliphatic rings. The van der Waals surface area contributed by atoms with Crippen LogP contribution in [0.2, 0.25) is 0 Å². The summed E-state index contributed by atoms with van der Waals surface area (Å²) in [6.07, 6.45) is 4.04. The molecular formula is C15H22BrN3. The second kappa shape index (κ2) is 5.43. The summed E-state index contributed by atoms with van der Waals surface area (Å²) in [4.78, 5) is 5.17. The first-order valence-corrected chi connectivity index (χ1v) is 7.91. The van der Waals surface area contributed by atoms with Gasteiger partial charge in [-0.3, -0.25) is 9.80 Å². The molecule has 0 aromatic heterocycles. The molecular weight excluding hydrogens is 302 g/mol. The van der Waals surface area contributed by atoms with E-state index in [1.807, 2.05) is 12.1 Å². The van der Waals surface area contributed by atoms with Crippen LogP contribution in [0, 0.1) is 0 Å². The maximum absolute atomic E-state index is 5.97. The van der Waals surface area contributed by atoms with Crippen molar-refractivity contribution in [3.63, 3.8) is 0 Å². The maximum atomic E-state index is 5.97. The minimum absolute atomic E-state index is 0.743. The van der Waals surface area contributed by atoms with Gasteiger partial charge in [0.15, 0.2) is 0 Å². The van der Waals surface area contributed by atoms with Crippen molar-refractivity contribution < 1.29 is 0 Å². The highest BCUT2D eigenvalue weighted by Crippen LogP contribution is 2.30. The van der Waals surface area contributed by atoms with E-state index in [1.165, 1.54) is 37.9 Å². The zero-order valence-corrected chi connectivity index (χ0v) is 13.1. The number of likely N-dealkylation sites (tertiary alicyclic amines) is 1. The molecule has 2 saturated heterocycles. The van der Waals surface area contributed by atoms with Gasteiger partial charge in [0, 0.05) is 41.9 Å². The number of likely N-dealkylation sites (N-methyl/N-ethyl adjacent to an activating group) is 1. The van der Waals surface area contributed by atoms with Gasteiger partial charge in [0.2, 0.25) is 0 Å². The van der Waals surface area contributed by atoms with E-state index in [1.54, 1.807) is 0 Å². The third-order valence-electron chi connectivity index (χ3n) is 4.74. The molecule has 2 bridgehead atoms. The van der Waals surface area contributed by atoms with Gasteiger partial charge < -0.3 is 5.73 Å². The third kappa shape index (κ3) is 2.67. The predicted octanol–water partition coefficient (Wildman–Crippen LogP) is 2.70. The van der Waals surface area contributed by atoms with Crippen LogP contribution in [0.3, 0.4) is 0 Å². The largest absolute Gasteiger partial charge is 0.398 e. The van der Waals surface area contributed by atoms with Crippen molar-refractivity contribution in [2.75, 3.05) is 25.9 Å². The molecule has 0 saturated carbocycles. The Kier molecular flexibility index (Phi) is 3.83. The molecule has 3 nitrogen and oxygen atoms in total. The van der Waals surface area contributed by atoms with E-state index in [0.29, 0.717) is 0 Å². The van der Waals surface area contributed by atoms with Crippen LogP contribution in [0.25, 0.3) is 0 Å². The summed E-state index contributed by atoms with van der Waals surface area (Å²) in [5, 5.41) is 0. The number of halogens is 1. The van der Waals surface area contributed by atoms with Gasteiger partial charge in [0.1, 0.15) is 0 Å². The summed E-state index contributed by atoms with van der Waals surface area (Å²) in [7, 11) is 2.29. The number of nitrogens with two attached hydrogens (primary N) is 1. The topological polar surface area (TPSA) is 32.5 Å². The highest BCUT2D eigenvalue weighted by Gasteiger charge is 2.34. The van der Waals surface area contributed by atoms with Crippen LogP contribution < -0.4 is 5.73 Å². The van der Waals surface area contributed by atoms with Gasteiger partial charge in [-0.15, -0.1) is 0 Å². The Morgan fingerprint density at radius 1 is 1.26 bits per heavy atom. The van der Waals surface area contributed by atoms with Gasteiger partial charge >= 0.3 is 0 Å². The van der Waals surface area contributed by atoms with E-state index in [9.17, 15) is 0 Å². The molecule has 2 unspecified atom stereocenters. The molecule has 2 N–H and O–H groups in total. The van der Waals surface area contributed by atoms with Crippen LogP contribution in [0.4, 0.5) is 5.69 Å². The maximum Gasteiger partial charge on any atom is 0.0461 e. The van der Waals surface area contributed by atoms with Crippen molar-refractivity contribution in [3.05, 3.63) is 28.2 Å². The standard InChI is InChI=1S/C15H22BrN3/c1-18-12-5-6-13(18)10-19(8-7-12)9-11-3-2-4-14(17)15(11)16/h2-4,12-13H,5-10,17H2,1H3. The second-order valence-electron chi connectivity index (χ2n) is 5.89. The Bertz CT molecular complexity index is 463. The van der Waals surface area contributed by atoms with Crippen LogP contribution in [-0.2, 0) is 6.54 Å². The smallest absolute Gasteiger partial charge is 0.0461 e. The highest BCUT2D eigenvalue weighted by atomic mass is 79.9. The van der Waals surface area contributed by atoms with Crippen LogP contribution in [-0.4, -0.2) is 42.0 Å². The van der Waals surface area contributed by atoms with Crippen molar-refractivity contribution in [3.8, 4) is 0 Å². The van der Waals surface area contributed by atoms with E-state index in [-0.39, 0.29) is 0 Å². The molecule has 1 aromatic carbocycles. The van der Waals surface area contributed by atoms with Crippen molar-refractivity contribution in [2.45, 2.75) is 37.9 Å². The number of rotatable bonds is 2. The Hall–Kier alpha value is -0.580. The van der Waals surface area contributed by atoms with Crippen LogP contribution in [0.5, 0.6) is 0 Å². The van der Waals surface area contributed by atoms with Gasteiger partial charge in [-0.05, 0) is 53.9 Å². The number of hydrogen-bond donors (Lipinski definition) is 1. The lowest BCUT2D eigenvalue weighted by molar-refractivity contribution is 0.214. The van der Waals surface area contributed by atoms with Crippen LogP contribution in [0.1, 0.15) is 24.8 Å². The van der Waals surface area contributed by atoms with E-state index < -0.39 is 0 Å². The van der Waals surface area contributed by atoms with Gasteiger partial charge in [0.25, 0.3) is 0 Å². The zero-order valence-electron chi connectivity index (χ0n) is 11.5. The van der Waals surface area contributed by atoms with Gasteiger partial charge in [-0.1, -0.05) is 12.1 Å². The van der Waals surface area contributed by atoms with E-state index >= 15 is 0 Å². The number of nitrogen functional groups attached to an aromatic ring is 1. The summed E-state index contributed by atoms with van der Waals surface area (Å²) in [6, 6.07) is 7.72. The van der Waals surface area contributed by atoms with Crippen molar-refractivity contribution in [1.29, 1.82) is 0 Å². The highest BCUT2D eigenvalue weighted by molar-refractivity contribution is 9.10. The lowest BCUT2D eigenvalue weighted by Crippen LogP contribution is -2.36. The molecule has 104 valence electrons. The third-order valence-corrected chi connectivity index (χ3v) is 5.70. The minimum Gasteiger partial charge on any atom is -0.398 e. The average Bonchev–Trinajstić information content (AvgIpc) is 2.63. The minimum atomic E-state index is 0.743. The fourth-order valence-corrected chi connectivity index (χ4v) is 3.88. The number of fused-ring (bicyclic) bond motifs is 2. The molecule has 0 amide bonds. The fourth-order valence-electron chi connectivity index (χ4n) is 3.49. The molecule has 1 aromatic rings. The fraction of sp³-hybridized carbons (Fsp3) is 0.600. The second-order valence-corrected chi connectivity index (χ2v) is 6.69. The molecule has 2 atom stereocenters. The van der Waals surface area contributed by atoms with Crippen molar-refractivity contribution >= 4 is 21.6 Å². The Balaban J connectivity index is 1.72. The first-order chi connectivity index (χ1) is 9.15. The predicted molar refractivity (Wildman–Crippen MR) is 83.0 cm³/mol. The summed E-state index contributed by atoms with van der Waals surface area (Å²) in [5.41, 5.74) is 8.11. The van der Waals surface area contributed by atoms with E-state index in [4.69, 9.17) is 5.73 Å². The summed E-state index contributed by atoms with van der Waals surface area (Å²) < 4.78 is 1.07. The quantitative estimate of drug-likeness (QED) is 0.849. The summed E-state index contributed by atoms with van der Waals surface area (Å²) in [5.74, 6) is 0. The first-order valence-electron chi connectivity index (χ1n) is 7.12. The number of hydrogen-bond acceptors (Lipinski definition) is 3. The van der Waals surface area contributed by atoms with E-state index in [2.05, 4.69) is 38.8 Å². The van der Waals surface area contributed by atoms with Crippen molar-refractivity contribution in [1.82, 2.24) is 9.80 Å². The molecule has 2 aliphatic heterocycles. The number of benzene rings is 1. The molecule has 19 heavy (non-hydrogen) atoms. The Labute approximate surface area is 123 Å². The lowest BCUT2D eigenvalue weighted by atomic mass is 10.1. The van der Waals surface area contributed by atoms with Gasteiger partial charge in [-0.2, -0.15) is 0 Å². The summed E-state index contributed by atoms with van der Waals surface area (Å²) in [6.45, 7) is 3.39. The average molecular weight is 324 g/mol. The lowest BCUT2D eigenvalue weighted by Gasteiger charge is -2.26. The zero-order chi connectivity index (χ0) is 13.4. The SMILES string of the molecule is CN1C2CCC1CN(Cc1cccc(N)c1Br)CC2.